The second kappa shape index (κ2) is 10.7. The number of likely N-dealkylation sites (tertiary alicyclic amines) is 1. The molecule has 1 aromatic heterocycles. The van der Waals surface area contributed by atoms with Crippen molar-refractivity contribution >= 4 is 41.1 Å². The van der Waals surface area contributed by atoms with Crippen molar-refractivity contribution in [2.45, 2.75) is 50.1 Å². The van der Waals surface area contributed by atoms with Crippen LogP contribution in [0.3, 0.4) is 0 Å². The van der Waals surface area contributed by atoms with E-state index in [2.05, 4.69) is 15.2 Å². The Balaban J connectivity index is 1.51. The third-order valence-electron chi connectivity index (χ3n) is 6.65. The molecular formula is C25H28F3N5O3S. The number of thioether (sulfide) groups is 1. The molecule has 198 valence electrons. The average Bonchev–Trinajstić information content (AvgIpc) is 3.43. The predicted molar refractivity (Wildman–Crippen MR) is 134 cm³/mol. The molecule has 0 unspecified atom stereocenters. The normalized spacial score (nSPS) is 17.7. The van der Waals surface area contributed by atoms with E-state index in [1.807, 2.05) is 0 Å². The van der Waals surface area contributed by atoms with Crippen molar-refractivity contribution in [2.24, 2.45) is 0 Å². The average molecular weight is 536 g/mol. The van der Waals surface area contributed by atoms with Crippen molar-refractivity contribution in [3.05, 3.63) is 47.4 Å². The lowest BCUT2D eigenvalue weighted by Gasteiger charge is -2.27. The molecule has 2 saturated heterocycles. The number of carbonyl (C=O) groups excluding carboxylic acids is 3. The molecule has 37 heavy (non-hydrogen) atoms. The van der Waals surface area contributed by atoms with E-state index >= 15 is 0 Å². The molecule has 0 aliphatic carbocycles. The Morgan fingerprint density at radius 3 is 2.51 bits per heavy atom. The Morgan fingerprint density at radius 2 is 1.84 bits per heavy atom. The van der Waals surface area contributed by atoms with Gasteiger partial charge < -0.3 is 15.1 Å². The van der Waals surface area contributed by atoms with Crippen LogP contribution in [-0.2, 0) is 16.1 Å². The number of nitrogens with one attached hydrogen (secondary N) is 1. The van der Waals surface area contributed by atoms with Gasteiger partial charge in [0.2, 0.25) is 5.91 Å². The van der Waals surface area contributed by atoms with E-state index in [0.717, 1.165) is 25.9 Å². The molecule has 0 atom stereocenters. The lowest BCUT2D eigenvalue weighted by Crippen LogP contribution is -2.43. The molecule has 2 fully saturated rings. The minimum Gasteiger partial charge on any atom is -0.311 e. The fourth-order valence-electron chi connectivity index (χ4n) is 4.52. The predicted octanol–water partition coefficient (Wildman–Crippen LogP) is 4.39. The van der Waals surface area contributed by atoms with E-state index in [0.29, 0.717) is 47.1 Å². The van der Waals surface area contributed by atoms with Gasteiger partial charge in [0.05, 0.1) is 10.6 Å². The Hall–Kier alpha value is -3.12. The van der Waals surface area contributed by atoms with Gasteiger partial charge in [-0.3, -0.25) is 9.59 Å². The number of imide groups is 1. The molecule has 3 heterocycles. The van der Waals surface area contributed by atoms with E-state index in [1.54, 1.807) is 12.1 Å². The molecule has 0 spiro atoms. The number of halogens is 3. The second-order valence-electron chi connectivity index (χ2n) is 9.50. The zero-order chi connectivity index (χ0) is 26.9. The fraction of sp³-hybridized carbons (Fsp3) is 0.440. The van der Waals surface area contributed by atoms with Gasteiger partial charge in [0, 0.05) is 31.8 Å². The van der Waals surface area contributed by atoms with Gasteiger partial charge in [0.15, 0.2) is 11.6 Å². The first kappa shape index (κ1) is 26.9. The number of urea groups is 1. The van der Waals surface area contributed by atoms with Crippen LogP contribution in [-0.4, -0.2) is 64.1 Å². The van der Waals surface area contributed by atoms with E-state index in [1.165, 1.54) is 31.2 Å². The summed E-state index contributed by atoms with van der Waals surface area (Å²) in [7, 11) is 0. The van der Waals surface area contributed by atoms with Gasteiger partial charge in [-0.05, 0) is 63.7 Å². The molecule has 4 amide bonds. The summed E-state index contributed by atoms with van der Waals surface area (Å²) in [6.45, 7) is 5.49. The summed E-state index contributed by atoms with van der Waals surface area (Å²) in [4.78, 5) is 46.2. The standard InChI is InChI=1S/C25H28F3N5O3S/c1-25(2)23(35)33(17-13-16(26)22(37-3)21(28)20(17)27)24(36)32(25)14-15-6-8-29-18(12-15)30-19(34)7-11-31-9-4-5-10-31/h6,8,12-13H,4-5,7,9-11,14H2,1-3H3,(H,29,30,34). The molecular weight excluding hydrogens is 507 g/mol. The van der Waals surface area contributed by atoms with E-state index in [4.69, 9.17) is 0 Å². The van der Waals surface area contributed by atoms with Crippen molar-refractivity contribution in [2.75, 3.05) is 36.1 Å². The van der Waals surface area contributed by atoms with Gasteiger partial charge in [-0.2, -0.15) is 0 Å². The number of benzene rings is 1. The van der Waals surface area contributed by atoms with E-state index < -0.39 is 45.5 Å². The van der Waals surface area contributed by atoms with Crippen LogP contribution in [0.25, 0.3) is 0 Å². The molecule has 8 nitrogen and oxygen atoms in total. The Kier molecular flexibility index (Phi) is 7.79. The maximum absolute atomic E-state index is 14.8. The molecule has 1 N–H and O–H groups in total. The Bertz CT molecular complexity index is 1240. The van der Waals surface area contributed by atoms with E-state index in [-0.39, 0.29) is 12.5 Å². The number of anilines is 2. The van der Waals surface area contributed by atoms with Gasteiger partial charge in [0.1, 0.15) is 17.2 Å². The Labute approximate surface area is 217 Å². The van der Waals surface area contributed by atoms with Gasteiger partial charge in [-0.15, -0.1) is 11.8 Å². The first-order chi connectivity index (χ1) is 17.5. The van der Waals surface area contributed by atoms with Gasteiger partial charge in [-0.1, -0.05) is 0 Å². The topological polar surface area (TPSA) is 85.8 Å². The largest absolute Gasteiger partial charge is 0.332 e. The molecule has 12 heteroatoms. The zero-order valence-electron chi connectivity index (χ0n) is 20.8. The smallest absolute Gasteiger partial charge is 0.311 e. The number of amides is 4. The van der Waals surface area contributed by atoms with Crippen LogP contribution in [0.4, 0.5) is 29.5 Å². The molecule has 4 rings (SSSR count). The quantitative estimate of drug-likeness (QED) is 0.307. The summed E-state index contributed by atoms with van der Waals surface area (Å²) < 4.78 is 43.6. The van der Waals surface area contributed by atoms with Gasteiger partial charge in [0.25, 0.3) is 5.91 Å². The first-order valence-corrected chi connectivity index (χ1v) is 13.1. The monoisotopic (exact) mass is 535 g/mol. The number of nitrogens with zero attached hydrogens (tertiary/aromatic N) is 4. The van der Waals surface area contributed by atoms with Crippen molar-refractivity contribution in [1.29, 1.82) is 0 Å². The highest BCUT2D eigenvalue weighted by Crippen LogP contribution is 2.38. The van der Waals surface area contributed by atoms with Crippen LogP contribution >= 0.6 is 11.8 Å². The number of hydrogen-bond acceptors (Lipinski definition) is 6. The van der Waals surface area contributed by atoms with Crippen molar-refractivity contribution in [3.8, 4) is 0 Å². The number of pyridine rings is 1. The molecule has 2 aliphatic heterocycles. The molecule has 2 aliphatic rings. The lowest BCUT2D eigenvalue weighted by atomic mass is 10.0. The van der Waals surface area contributed by atoms with Crippen LogP contribution < -0.4 is 10.2 Å². The summed E-state index contributed by atoms with van der Waals surface area (Å²) in [5.41, 5.74) is -1.66. The second-order valence-corrected chi connectivity index (χ2v) is 10.3. The van der Waals surface area contributed by atoms with Crippen LogP contribution in [0.1, 0.15) is 38.7 Å². The van der Waals surface area contributed by atoms with Crippen molar-refractivity contribution in [1.82, 2.24) is 14.8 Å². The molecule has 2 aromatic rings. The van der Waals surface area contributed by atoms with Crippen molar-refractivity contribution < 1.29 is 27.6 Å². The van der Waals surface area contributed by atoms with Crippen LogP contribution in [0.15, 0.2) is 29.3 Å². The highest BCUT2D eigenvalue weighted by atomic mass is 32.2. The molecule has 0 saturated carbocycles. The zero-order valence-corrected chi connectivity index (χ0v) is 21.6. The molecule has 0 radical (unpaired) electrons. The summed E-state index contributed by atoms with van der Waals surface area (Å²) >= 11 is 0.679. The SMILES string of the molecule is CSc1c(F)cc(N2C(=O)N(Cc3ccnc(NC(=O)CCN4CCCC4)c3)C(C)(C)C2=O)c(F)c1F. The number of rotatable bonds is 8. The van der Waals surface area contributed by atoms with Crippen molar-refractivity contribution in [3.63, 3.8) is 0 Å². The summed E-state index contributed by atoms with van der Waals surface area (Å²) in [5, 5.41) is 2.74. The first-order valence-electron chi connectivity index (χ1n) is 11.9. The van der Waals surface area contributed by atoms with Crippen LogP contribution in [0, 0.1) is 17.5 Å². The lowest BCUT2D eigenvalue weighted by molar-refractivity contribution is -0.123. The number of carbonyl (C=O) groups is 3. The minimum atomic E-state index is -1.48. The number of hydrogen-bond donors (Lipinski definition) is 1. The van der Waals surface area contributed by atoms with Crippen LogP contribution in [0.5, 0.6) is 0 Å². The van der Waals surface area contributed by atoms with Gasteiger partial charge in [-0.25, -0.2) is 27.8 Å². The van der Waals surface area contributed by atoms with Crippen LogP contribution in [0.2, 0.25) is 0 Å². The highest BCUT2D eigenvalue weighted by Gasteiger charge is 2.52. The fourth-order valence-corrected chi connectivity index (χ4v) is 5.05. The molecule has 0 bridgehead atoms. The number of aromatic nitrogens is 1. The Morgan fingerprint density at radius 1 is 1.14 bits per heavy atom. The van der Waals surface area contributed by atoms with Gasteiger partial charge >= 0.3 is 6.03 Å². The van der Waals surface area contributed by atoms with E-state index in [9.17, 15) is 27.6 Å². The maximum Gasteiger partial charge on any atom is 0.332 e. The third-order valence-corrected chi connectivity index (χ3v) is 7.43. The third kappa shape index (κ3) is 5.30. The minimum absolute atomic E-state index is 0.0806. The summed E-state index contributed by atoms with van der Waals surface area (Å²) in [6.07, 6.45) is 5.44. The summed E-state index contributed by atoms with van der Waals surface area (Å²) in [5.74, 6) is -4.73. The maximum atomic E-state index is 14.8. The highest BCUT2D eigenvalue weighted by molar-refractivity contribution is 7.98. The molecule has 1 aromatic carbocycles. The summed E-state index contributed by atoms with van der Waals surface area (Å²) in [6, 6.07) is 2.93.